The maximum absolute atomic E-state index is 12.0. The van der Waals surface area contributed by atoms with E-state index >= 15 is 0 Å². The first-order valence-corrected chi connectivity index (χ1v) is 7.86. The molecule has 1 atom stereocenters. The number of ether oxygens (including phenoxy) is 2. The first kappa shape index (κ1) is 20.5. The van der Waals surface area contributed by atoms with Gasteiger partial charge in [0.1, 0.15) is 5.75 Å². The van der Waals surface area contributed by atoms with Crippen LogP contribution in [0, 0.1) is 5.41 Å². The molecule has 1 heterocycles. The van der Waals surface area contributed by atoms with Crippen LogP contribution in [-0.2, 0) is 25.7 Å². The molecule has 2 rings (SSSR count). The summed E-state index contributed by atoms with van der Waals surface area (Å²) in [6.07, 6.45) is 0.954. The summed E-state index contributed by atoms with van der Waals surface area (Å²) in [4.78, 5) is 36.3. The number of likely N-dealkylation sites (tertiary alicyclic amines) is 1. The van der Waals surface area contributed by atoms with Crippen molar-refractivity contribution in [3.63, 3.8) is 0 Å². The largest absolute Gasteiger partial charge is 0.497 e. The number of carbonyl (C=O) groups is 3. The van der Waals surface area contributed by atoms with Gasteiger partial charge in [0, 0.05) is 33.6 Å². The molecule has 1 unspecified atom stereocenters. The highest BCUT2D eigenvalue weighted by atomic mass is 16.5. The fourth-order valence-electron chi connectivity index (χ4n) is 2.49. The number of rotatable bonds is 5. The highest BCUT2D eigenvalue weighted by Gasteiger charge is 2.45. The predicted molar refractivity (Wildman–Crippen MR) is 92.9 cm³/mol. The number of esters is 1. The van der Waals surface area contributed by atoms with E-state index in [0.717, 1.165) is 17.7 Å². The van der Waals surface area contributed by atoms with Crippen LogP contribution < -0.4 is 4.74 Å². The summed E-state index contributed by atoms with van der Waals surface area (Å²) in [5.74, 6) is 0.428. The molecule has 1 saturated heterocycles. The molecule has 0 bridgehead atoms. The summed E-state index contributed by atoms with van der Waals surface area (Å²) in [5.41, 5.74) is 0.270. The number of hydrogen-bond acceptors (Lipinski definition) is 5. The minimum Gasteiger partial charge on any atom is -0.497 e. The number of amides is 2. The van der Waals surface area contributed by atoms with Gasteiger partial charge >= 0.3 is 5.97 Å². The van der Waals surface area contributed by atoms with Gasteiger partial charge in [-0.3, -0.25) is 14.4 Å². The van der Waals surface area contributed by atoms with Crippen LogP contribution in [0.4, 0.5) is 0 Å². The van der Waals surface area contributed by atoms with Crippen molar-refractivity contribution in [2.75, 3.05) is 34.9 Å². The first-order valence-electron chi connectivity index (χ1n) is 7.86. The summed E-state index contributed by atoms with van der Waals surface area (Å²) in [7, 11) is 6.34. The monoisotopic (exact) mass is 350 g/mol. The van der Waals surface area contributed by atoms with Gasteiger partial charge in [-0.15, -0.1) is 0 Å². The van der Waals surface area contributed by atoms with E-state index in [1.165, 1.54) is 12.0 Å². The Balaban J connectivity index is 0.000000550. The second-order valence-corrected chi connectivity index (χ2v) is 6.40. The fourth-order valence-corrected chi connectivity index (χ4v) is 2.49. The molecule has 138 valence electrons. The van der Waals surface area contributed by atoms with Crippen LogP contribution in [0.3, 0.4) is 0 Å². The molecular weight excluding hydrogens is 324 g/mol. The van der Waals surface area contributed by atoms with Crippen LogP contribution in [-0.4, -0.2) is 62.9 Å². The van der Waals surface area contributed by atoms with Crippen LogP contribution >= 0.6 is 0 Å². The molecule has 1 aromatic rings. The zero-order valence-corrected chi connectivity index (χ0v) is 15.4. The second kappa shape index (κ2) is 9.05. The van der Waals surface area contributed by atoms with E-state index in [1.54, 1.807) is 33.0 Å². The predicted octanol–water partition coefficient (Wildman–Crippen LogP) is 1.31. The third-order valence-electron chi connectivity index (χ3n) is 3.86. The van der Waals surface area contributed by atoms with E-state index in [-0.39, 0.29) is 18.3 Å². The van der Waals surface area contributed by atoms with Gasteiger partial charge in [0.25, 0.3) is 0 Å². The Morgan fingerprint density at radius 3 is 2.28 bits per heavy atom. The smallest absolute Gasteiger partial charge is 0.313 e. The molecule has 25 heavy (non-hydrogen) atoms. The number of nitrogens with zero attached hydrogens (tertiary/aromatic N) is 2. The van der Waals surface area contributed by atoms with Crippen molar-refractivity contribution < 1.29 is 23.9 Å². The van der Waals surface area contributed by atoms with E-state index in [2.05, 4.69) is 0 Å². The normalized spacial score (nSPS) is 18.9. The number of hydrogen-bond donors (Lipinski definition) is 0. The van der Waals surface area contributed by atoms with Crippen LogP contribution in [0.1, 0.15) is 18.9 Å². The van der Waals surface area contributed by atoms with Crippen molar-refractivity contribution in [2.24, 2.45) is 5.41 Å². The van der Waals surface area contributed by atoms with Crippen molar-refractivity contribution in [3.8, 4) is 5.75 Å². The molecule has 7 heteroatoms. The summed E-state index contributed by atoms with van der Waals surface area (Å²) in [6.45, 7) is 2.66. The molecule has 1 aliphatic rings. The zero-order chi connectivity index (χ0) is 19.0. The molecule has 1 fully saturated rings. The fraction of sp³-hybridized carbons (Fsp3) is 0.500. The molecular formula is C18H26N2O5. The average Bonchev–Trinajstić information content (AvgIpc) is 2.90. The maximum atomic E-state index is 12.0. The lowest BCUT2D eigenvalue weighted by atomic mass is 9.90. The lowest BCUT2D eigenvalue weighted by Crippen LogP contribution is -2.33. The molecule has 0 saturated carbocycles. The highest BCUT2D eigenvalue weighted by Crippen LogP contribution is 2.33. The molecule has 1 aromatic carbocycles. The van der Waals surface area contributed by atoms with E-state index in [1.807, 2.05) is 24.3 Å². The highest BCUT2D eigenvalue weighted by molar-refractivity contribution is 5.89. The van der Waals surface area contributed by atoms with Gasteiger partial charge in [-0.2, -0.15) is 0 Å². The van der Waals surface area contributed by atoms with E-state index < -0.39 is 5.41 Å². The van der Waals surface area contributed by atoms with Gasteiger partial charge in [0.15, 0.2) is 0 Å². The van der Waals surface area contributed by atoms with Crippen LogP contribution in [0.2, 0.25) is 0 Å². The number of methoxy groups -OCH3 is 2. The Morgan fingerprint density at radius 1 is 1.28 bits per heavy atom. The molecule has 0 N–H and O–H groups in total. The Hall–Kier alpha value is -2.57. The average molecular weight is 350 g/mol. The molecule has 0 aromatic heterocycles. The van der Waals surface area contributed by atoms with Crippen LogP contribution in [0.25, 0.3) is 0 Å². The lowest BCUT2D eigenvalue weighted by Gasteiger charge is -2.21. The summed E-state index contributed by atoms with van der Waals surface area (Å²) in [6, 6.07) is 7.55. The van der Waals surface area contributed by atoms with Crippen molar-refractivity contribution in [2.45, 2.75) is 19.9 Å². The van der Waals surface area contributed by atoms with E-state index in [0.29, 0.717) is 13.1 Å². The SMILES string of the molecule is CN(C)C=O.COC(=O)C1(C)CC(=O)N(Cc2ccc(OC)cc2)C1. The molecule has 1 aliphatic heterocycles. The Labute approximate surface area is 148 Å². The molecule has 0 spiro atoms. The third-order valence-corrected chi connectivity index (χ3v) is 3.86. The summed E-state index contributed by atoms with van der Waals surface area (Å²) < 4.78 is 9.88. The Kier molecular flexibility index (Phi) is 7.42. The van der Waals surface area contributed by atoms with Crippen molar-refractivity contribution in [1.29, 1.82) is 0 Å². The minimum atomic E-state index is -0.738. The number of carbonyl (C=O) groups excluding carboxylic acids is 3. The molecule has 0 aliphatic carbocycles. The standard InChI is InChI=1S/C15H19NO4.C3H7NO/c1-15(14(18)20-3)8-13(17)16(10-15)9-11-4-6-12(19-2)7-5-11;1-4(2)3-5/h4-7H,8-10H2,1-3H3;3H,1-2H3. The van der Waals surface area contributed by atoms with E-state index in [9.17, 15) is 14.4 Å². The van der Waals surface area contributed by atoms with Crippen LogP contribution in [0.5, 0.6) is 5.75 Å². The van der Waals surface area contributed by atoms with Crippen molar-refractivity contribution >= 4 is 18.3 Å². The Morgan fingerprint density at radius 2 is 1.84 bits per heavy atom. The van der Waals surface area contributed by atoms with Gasteiger partial charge in [-0.05, 0) is 24.6 Å². The number of benzene rings is 1. The summed E-state index contributed by atoms with van der Waals surface area (Å²) in [5, 5.41) is 0. The van der Waals surface area contributed by atoms with Crippen molar-refractivity contribution in [3.05, 3.63) is 29.8 Å². The van der Waals surface area contributed by atoms with Crippen molar-refractivity contribution in [1.82, 2.24) is 9.80 Å². The van der Waals surface area contributed by atoms with Gasteiger partial charge in [0.2, 0.25) is 12.3 Å². The molecule has 0 radical (unpaired) electrons. The molecule has 7 nitrogen and oxygen atoms in total. The lowest BCUT2D eigenvalue weighted by molar-refractivity contribution is -0.151. The minimum absolute atomic E-state index is 0.0197. The molecule has 2 amide bonds. The maximum Gasteiger partial charge on any atom is 0.313 e. The van der Waals surface area contributed by atoms with Gasteiger partial charge in [-0.25, -0.2) is 0 Å². The van der Waals surface area contributed by atoms with E-state index in [4.69, 9.17) is 9.47 Å². The topological polar surface area (TPSA) is 76.2 Å². The summed E-state index contributed by atoms with van der Waals surface area (Å²) >= 11 is 0. The van der Waals surface area contributed by atoms with Gasteiger partial charge < -0.3 is 19.3 Å². The van der Waals surface area contributed by atoms with Gasteiger partial charge in [0.05, 0.1) is 19.6 Å². The third kappa shape index (κ3) is 5.77. The quantitative estimate of drug-likeness (QED) is 0.591. The second-order valence-electron chi connectivity index (χ2n) is 6.40. The Bertz CT molecular complexity index is 600. The zero-order valence-electron chi connectivity index (χ0n) is 15.4. The van der Waals surface area contributed by atoms with Crippen LogP contribution in [0.15, 0.2) is 24.3 Å². The van der Waals surface area contributed by atoms with Gasteiger partial charge in [-0.1, -0.05) is 12.1 Å². The first-order chi connectivity index (χ1) is 11.8.